The van der Waals surface area contributed by atoms with Gasteiger partial charge >= 0.3 is 11.9 Å². The summed E-state index contributed by atoms with van der Waals surface area (Å²) in [6.07, 6.45) is 0.954. The van der Waals surface area contributed by atoms with Crippen LogP contribution in [0.3, 0.4) is 0 Å². The van der Waals surface area contributed by atoms with Crippen molar-refractivity contribution in [3.63, 3.8) is 0 Å². The van der Waals surface area contributed by atoms with Crippen molar-refractivity contribution in [3.05, 3.63) is 149 Å². The van der Waals surface area contributed by atoms with Gasteiger partial charge in [0, 0.05) is 29.3 Å². The molecule has 6 aromatic rings. The average molecular weight is 584 g/mol. The Bertz CT molecular complexity index is 1850. The van der Waals surface area contributed by atoms with Crippen molar-refractivity contribution in [1.29, 1.82) is 0 Å². The molecular weight excluding hydrogens is 550 g/mol. The number of esters is 2. The number of hydrogen-bond acceptors (Lipinski definition) is 6. The minimum atomic E-state index is -0.557. The molecule has 0 saturated heterocycles. The predicted octanol–water partition coefficient (Wildman–Crippen LogP) is 6.56. The van der Waals surface area contributed by atoms with Crippen molar-refractivity contribution in [2.75, 3.05) is 6.54 Å². The molecule has 4 aromatic carbocycles. The molecule has 0 aliphatic carbocycles. The first-order chi connectivity index (χ1) is 21.6. The molecule has 0 aliphatic rings. The lowest BCUT2D eigenvalue weighted by atomic mass is 10.1. The Kier molecular flexibility index (Phi) is 9.04. The summed E-state index contributed by atoms with van der Waals surface area (Å²) in [4.78, 5) is 34.6. The maximum Gasteiger partial charge on any atom is 0.357 e. The Morgan fingerprint density at radius 1 is 0.705 bits per heavy atom. The molecule has 44 heavy (non-hydrogen) atoms. The molecule has 0 amide bonds. The van der Waals surface area contributed by atoms with Gasteiger partial charge in [-0.05, 0) is 35.2 Å². The number of aromatic amines is 1. The zero-order valence-electron chi connectivity index (χ0n) is 24.2. The molecule has 0 spiro atoms. The van der Waals surface area contributed by atoms with Crippen molar-refractivity contribution in [1.82, 2.24) is 15.3 Å². The topological polar surface area (TPSA) is 93.3 Å². The molecule has 0 aliphatic heterocycles. The van der Waals surface area contributed by atoms with Gasteiger partial charge in [0.2, 0.25) is 0 Å². The Labute approximate surface area is 255 Å². The summed E-state index contributed by atoms with van der Waals surface area (Å²) in [6.45, 7) is 0.811. The van der Waals surface area contributed by atoms with Crippen LogP contribution < -0.4 is 5.32 Å². The van der Waals surface area contributed by atoms with Crippen LogP contribution in [0.15, 0.2) is 121 Å². The van der Waals surface area contributed by atoms with Crippen molar-refractivity contribution in [3.8, 4) is 0 Å². The fraction of sp³-hybridized carbons (Fsp3) is 0.162. The summed E-state index contributed by atoms with van der Waals surface area (Å²) in [5.74, 6) is -0.804. The molecule has 0 unspecified atom stereocenters. The molecule has 1 atom stereocenters. The number of ether oxygens (including phenoxy) is 2. The molecule has 0 bridgehead atoms. The van der Waals surface area contributed by atoms with E-state index in [0.717, 1.165) is 38.5 Å². The van der Waals surface area contributed by atoms with Crippen molar-refractivity contribution in [2.24, 2.45) is 0 Å². The van der Waals surface area contributed by atoms with E-state index in [9.17, 15) is 9.59 Å². The molecule has 220 valence electrons. The van der Waals surface area contributed by atoms with E-state index in [1.807, 2.05) is 115 Å². The number of benzene rings is 4. The van der Waals surface area contributed by atoms with Crippen LogP contribution in [0.5, 0.6) is 0 Å². The van der Waals surface area contributed by atoms with Crippen LogP contribution in [0.2, 0.25) is 0 Å². The maximum atomic E-state index is 13.3. The highest BCUT2D eigenvalue weighted by molar-refractivity contribution is 6.09. The smallest absolute Gasteiger partial charge is 0.357 e. The maximum absolute atomic E-state index is 13.3. The Balaban J connectivity index is 1.21. The lowest BCUT2D eigenvalue weighted by Gasteiger charge is -2.18. The van der Waals surface area contributed by atoms with E-state index in [1.54, 1.807) is 6.07 Å². The highest BCUT2D eigenvalue weighted by Crippen LogP contribution is 2.28. The number of hydrogen-bond donors (Lipinski definition) is 2. The summed E-state index contributed by atoms with van der Waals surface area (Å²) in [5.41, 5.74) is 5.65. The van der Waals surface area contributed by atoms with Gasteiger partial charge in [-0.3, -0.25) is 4.79 Å². The largest absolute Gasteiger partial charge is 0.460 e. The highest BCUT2D eigenvalue weighted by Gasteiger charge is 2.22. The third kappa shape index (κ3) is 7.02. The first-order valence-electron chi connectivity index (χ1n) is 14.7. The lowest BCUT2D eigenvalue weighted by Crippen LogP contribution is -2.41. The van der Waals surface area contributed by atoms with Gasteiger partial charge in [0.1, 0.15) is 24.9 Å². The van der Waals surface area contributed by atoms with Gasteiger partial charge < -0.3 is 19.8 Å². The van der Waals surface area contributed by atoms with Crippen LogP contribution in [-0.4, -0.2) is 34.5 Å². The zero-order chi connectivity index (χ0) is 30.1. The fourth-order valence-corrected chi connectivity index (χ4v) is 5.28. The molecule has 2 heterocycles. The van der Waals surface area contributed by atoms with Crippen LogP contribution in [0.25, 0.3) is 21.8 Å². The number of para-hydroxylation sites is 1. The molecule has 0 radical (unpaired) electrons. The van der Waals surface area contributed by atoms with Gasteiger partial charge in [-0.2, -0.15) is 0 Å². The molecule has 2 N–H and O–H groups in total. The molecular formula is C37H33N3O4. The van der Waals surface area contributed by atoms with Gasteiger partial charge in [-0.25, -0.2) is 9.78 Å². The summed E-state index contributed by atoms with van der Waals surface area (Å²) < 4.78 is 11.3. The molecule has 0 fully saturated rings. The molecule has 7 nitrogen and oxygen atoms in total. The predicted molar refractivity (Wildman–Crippen MR) is 171 cm³/mol. The average Bonchev–Trinajstić information content (AvgIpc) is 3.46. The standard InChI is InChI=1S/C37H33N3O4/c41-36(43-24-27-14-6-2-7-15-27)33(22-26-12-4-1-5-13-26)38-21-20-32-35-30(29-18-10-11-19-31(29)40-35)23-34(39-32)37(42)44-25-28-16-8-3-9-17-28/h1-19,23,33,38,40H,20-22,24-25H2/t33-/m0/s1. The highest BCUT2D eigenvalue weighted by atomic mass is 16.5. The SMILES string of the molecule is O=C(OCc1ccccc1)c1cc2c([nH]c3ccccc32)c(CCN[C@@H](Cc2ccccc2)C(=O)OCc2ccccc2)n1. The normalized spacial score (nSPS) is 11.8. The van der Waals surface area contributed by atoms with Crippen LogP contribution in [0, 0.1) is 0 Å². The van der Waals surface area contributed by atoms with Gasteiger partial charge in [-0.1, -0.05) is 109 Å². The van der Waals surface area contributed by atoms with Gasteiger partial charge in [-0.15, -0.1) is 0 Å². The van der Waals surface area contributed by atoms with Gasteiger partial charge in [0.05, 0.1) is 11.2 Å². The number of nitrogens with zero attached hydrogens (tertiary/aromatic N) is 1. The van der Waals surface area contributed by atoms with Gasteiger partial charge in [0.15, 0.2) is 0 Å². The first-order valence-corrected chi connectivity index (χ1v) is 14.7. The Hall–Kier alpha value is -5.27. The van der Waals surface area contributed by atoms with E-state index < -0.39 is 12.0 Å². The summed E-state index contributed by atoms with van der Waals surface area (Å²) in [6, 6.07) is 38.3. The number of nitrogens with one attached hydrogen (secondary N) is 2. The minimum Gasteiger partial charge on any atom is -0.460 e. The number of pyridine rings is 1. The number of aromatic nitrogens is 2. The van der Waals surface area contributed by atoms with E-state index in [1.165, 1.54) is 0 Å². The molecule has 0 saturated carbocycles. The van der Waals surface area contributed by atoms with Crippen molar-refractivity contribution >= 4 is 33.7 Å². The van der Waals surface area contributed by atoms with E-state index >= 15 is 0 Å². The second-order valence-electron chi connectivity index (χ2n) is 10.6. The Morgan fingerprint density at radius 2 is 1.30 bits per heavy atom. The minimum absolute atomic E-state index is 0.163. The number of carbonyl (C=O) groups is 2. The molecule has 6 rings (SSSR count). The van der Waals surface area contributed by atoms with Crippen LogP contribution in [0.1, 0.15) is 32.9 Å². The number of rotatable bonds is 12. The van der Waals surface area contributed by atoms with Crippen molar-refractivity contribution < 1.29 is 19.1 Å². The number of fused-ring (bicyclic) bond motifs is 3. The lowest BCUT2D eigenvalue weighted by molar-refractivity contribution is -0.147. The summed E-state index contributed by atoms with van der Waals surface area (Å²) in [5, 5.41) is 5.31. The van der Waals surface area contributed by atoms with Crippen LogP contribution >= 0.6 is 0 Å². The quantitative estimate of drug-likeness (QED) is 0.159. The third-order valence-corrected chi connectivity index (χ3v) is 7.54. The van der Waals surface area contributed by atoms with E-state index in [0.29, 0.717) is 25.1 Å². The van der Waals surface area contributed by atoms with Gasteiger partial charge in [0.25, 0.3) is 0 Å². The number of carbonyl (C=O) groups excluding carboxylic acids is 2. The fourth-order valence-electron chi connectivity index (χ4n) is 5.28. The third-order valence-electron chi connectivity index (χ3n) is 7.54. The number of H-pyrrole nitrogens is 1. The summed E-state index contributed by atoms with van der Waals surface area (Å²) >= 11 is 0. The molecule has 2 aromatic heterocycles. The monoisotopic (exact) mass is 583 g/mol. The molecule has 7 heteroatoms. The van der Waals surface area contributed by atoms with E-state index in [4.69, 9.17) is 14.5 Å². The van der Waals surface area contributed by atoms with E-state index in [-0.39, 0.29) is 24.9 Å². The van der Waals surface area contributed by atoms with Crippen LogP contribution in [-0.2, 0) is 40.3 Å². The first kappa shape index (κ1) is 28.8. The summed E-state index contributed by atoms with van der Waals surface area (Å²) in [7, 11) is 0. The van der Waals surface area contributed by atoms with Crippen LogP contribution in [0.4, 0.5) is 0 Å². The Morgan fingerprint density at radius 3 is 1.98 bits per heavy atom. The zero-order valence-corrected chi connectivity index (χ0v) is 24.2. The second-order valence-corrected chi connectivity index (χ2v) is 10.6. The van der Waals surface area contributed by atoms with E-state index in [2.05, 4.69) is 10.3 Å². The van der Waals surface area contributed by atoms with Crippen molar-refractivity contribution in [2.45, 2.75) is 32.1 Å². The second kappa shape index (κ2) is 13.8.